The molecule has 0 radical (unpaired) electrons. The van der Waals surface area contributed by atoms with Crippen molar-refractivity contribution in [1.82, 2.24) is 0 Å². The lowest BCUT2D eigenvalue weighted by molar-refractivity contribution is 1.70. The third-order valence-corrected chi connectivity index (χ3v) is 21.5. The average Bonchev–Trinajstić information content (AvgIpc) is 3.38. The molecule has 0 atom stereocenters. The molecule has 312 valence electrons. The molecule has 10 rings (SSSR count). The molecule has 0 fully saturated rings. The highest BCUT2D eigenvalue weighted by Gasteiger charge is 2.35. The fourth-order valence-corrected chi connectivity index (χ4v) is 18.9. The van der Waals surface area contributed by atoms with E-state index in [1.165, 1.54) is 74.8 Å². The van der Waals surface area contributed by atoms with Crippen LogP contribution in [-0.4, -0.2) is 0 Å². The van der Waals surface area contributed by atoms with Crippen LogP contribution >= 0.6 is 31.7 Å². The van der Waals surface area contributed by atoms with Crippen LogP contribution in [0.25, 0.3) is 11.1 Å². The zero-order chi connectivity index (χ0) is 43.8. The summed E-state index contributed by atoms with van der Waals surface area (Å²) in [5.41, 5.74) is 11.1. The predicted octanol–water partition coefficient (Wildman–Crippen LogP) is 9.97. The molecule has 65 heavy (non-hydrogen) atoms. The second-order valence-electron chi connectivity index (χ2n) is 15.6. The molecule has 10 aromatic rings. The summed E-state index contributed by atoms with van der Waals surface area (Å²) < 4.78 is 0. The van der Waals surface area contributed by atoms with Crippen LogP contribution in [-0.2, 0) is 0 Å². The zero-order valence-corrected chi connectivity index (χ0v) is 39.4. The molecular formula is C60H47NP4. The minimum Gasteiger partial charge on any atom is -0.398 e. The zero-order valence-electron chi connectivity index (χ0n) is 35.8. The largest absolute Gasteiger partial charge is 0.398 e. The van der Waals surface area contributed by atoms with E-state index in [2.05, 4.69) is 273 Å². The van der Waals surface area contributed by atoms with Crippen LogP contribution in [0.5, 0.6) is 0 Å². The monoisotopic (exact) mass is 905 g/mol. The fraction of sp³-hybridized carbons (Fsp3) is 0. The van der Waals surface area contributed by atoms with E-state index in [0.717, 1.165) is 5.69 Å². The molecule has 0 saturated heterocycles. The Morgan fingerprint density at radius 2 is 0.431 bits per heavy atom. The molecule has 10 aromatic carbocycles. The summed E-state index contributed by atoms with van der Waals surface area (Å²) in [6.45, 7) is 0. The topological polar surface area (TPSA) is 26.0 Å². The molecule has 0 unspecified atom stereocenters. The van der Waals surface area contributed by atoms with Crippen molar-refractivity contribution >= 4 is 101 Å². The summed E-state index contributed by atoms with van der Waals surface area (Å²) in [6, 6.07) is 101. The first-order valence-corrected chi connectivity index (χ1v) is 27.3. The first-order valence-electron chi connectivity index (χ1n) is 21.9. The Kier molecular flexibility index (Phi) is 13.3. The normalized spacial score (nSPS) is 11.4. The van der Waals surface area contributed by atoms with Gasteiger partial charge < -0.3 is 5.73 Å². The molecule has 0 heterocycles. The number of hydrogen-bond donors (Lipinski definition) is 1. The van der Waals surface area contributed by atoms with Crippen molar-refractivity contribution in [2.45, 2.75) is 0 Å². The maximum absolute atomic E-state index is 7.71. The number of hydrogen-bond acceptors (Lipinski definition) is 1. The van der Waals surface area contributed by atoms with Gasteiger partial charge in [0.15, 0.2) is 0 Å². The molecule has 2 N–H and O–H groups in total. The Morgan fingerprint density at radius 1 is 0.200 bits per heavy atom. The Bertz CT molecular complexity index is 2830. The first-order chi connectivity index (χ1) is 32.2. The smallest absolute Gasteiger partial charge is 0.0405 e. The van der Waals surface area contributed by atoms with Crippen molar-refractivity contribution in [2.24, 2.45) is 0 Å². The Labute approximate surface area is 388 Å². The van der Waals surface area contributed by atoms with E-state index in [1.807, 2.05) is 0 Å². The van der Waals surface area contributed by atoms with E-state index in [-0.39, 0.29) is 0 Å². The molecule has 0 aromatic heterocycles. The van der Waals surface area contributed by atoms with Crippen LogP contribution in [0.1, 0.15) is 0 Å². The molecule has 0 saturated carbocycles. The first kappa shape index (κ1) is 42.7. The lowest BCUT2D eigenvalue weighted by atomic mass is 10.0. The number of anilines is 1. The van der Waals surface area contributed by atoms with Gasteiger partial charge in [-0.05, 0) is 102 Å². The lowest BCUT2D eigenvalue weighted by Crippen LogP contribution is -2.36. The van der Waals surface area contributed by atoms with Crippen LogP contribution in [0.3, 0.4) is 0 Å². The van der Waals surface area contributed by atoms with E-state index < -0.39 is 31.7 Å². The molecule has 0 amide bonds. The van der Waals surface area contributed by atoms with Crippen LogP contribution in [0.15, 0.2) is 273 Å². The van der Waals surface area contributed by atoms with Crippen LogP contribution in [0.4, 0.5) is 5.69 Å². The van der Waals surface area contributed by atoms with E-state index in [4.69, 9.17) is 5.73 Å². The second kappa shape index (κ2) is 20.3. The molecular weight excluding hydrogens is 859 g/mol. The van der Waals surface area contributed by atoms with Crippen molar-refractivity contribution in [3.63, 3.8) is 0 Å². The van der Waals surface area contributed by atoms with Gasteiger partial charge in [0.2, 0.25) is 0 Å². The van der Waals surface area contributed by atoms with E-state index in [9.17, 15) is 0 Å². The Hall–Kier alpha value is -6.28. The lowest BCUT2D eigenvalue weighted by Gasteiger charge is -2.34. The van der Waals surface area contributed by atoms with E-state index in [0.29, 0.717) is 0 Å². The third-order valence-electron chi connectivity index (χ3n) is 11.5. The van der Waals surface area contributed by atoms with Gasteiger partial charge >= 0.3 is 0 Å². The van der Waals surface area contributed by atoms with E-state index >= 15 is 0 Å². The Morgan fingerprint density at radius 3 is 0.692 bits per heavy atom. The van der Waals surface area contributed by atoms with Gasteiger partial charge in [-0.15, -0.1) is 0 Å². The summed E-state index contributed by atoms with van der Waals surface area (Å²) >= 11 is 0. The van der Waals surface area contributed by atoms with Gasteiger partial charge in [-0.25, -0.2) is 0 Å². The maximum Gasteiger partial charge on any atom is 0.0405 e. The molecule has 1 nitrogen and oxygen atoms in total. The molecule has 0 aliphatic carbocycles. The van der Waals surface area contributed by atoms with Crippen molar-refractivity contribution in [1.29, 1.82) is 0 Å². The third kappa shape index (κ3) is 9.05. The van der Waals surface area contributed by atoms with E-state index in [1.54, 1.807) is 0 Å². The highest BCUT2D eigenvalue weighted by atomic mass is 31.1. The summed E-state index contributed by atoms with van der Waals surface area (Å²) in [5.74, 6) is 0. The molecule has 5 heteroatoms. The maximum atomic E-state index is 7.71. The Balaban J connectivity index is 1.43. The molecule has 0 spiro atoms. The van der Waals surface area contributed by atoms with Gasteiger partial charge in [-0.1, -0.05) is 267 Å². The average molecular weight is 906 g/mol. The highest BCUT2D eigenvalue weighted by molar-refractivity contribution is 7.83. The van der Waals surface area contributed by atoms with Crippen LogP contribution in [0, 0.1) is 0 Å². The predicted molar refractivity (Wildman–Crippen MR) is 291 cm³/mol. The summed E-state index contributed by atoms with van der Waals surface area (Å²) in [6.07, 6.45) is 0. The number of nitrogen functional groups attached to an aromatic ring is 1. The minimum atomic E-state index is -1.17. The van der Waals surface area contributed by atoms with Crippen LogP contribution < -0.4 is 69.4 Å². The number of rotatable bonds is 13. The number of benzene rings is 10. The molecule has 0 aliphatic rings. The summed E-state index contributed by atoms with van der Waals surface area (Å²) in [4.78, 5) is 0. The summed E-state index contributed by atoms with van der Waals surface area (Å²) in [5, 5.41) is 15.5. The quantitative estimate of drug-likeness (QED) is 0.0906. The van der Waals surface area contributed by atoms with Gasteiger partial charge in [0, 0.05) is 16.6 Å². The standard InChI is InChI=1S/C60H47NP4/c61-54-44-45-57(64(50-34-17-5-18-35-50)51-36-19-6-20-37-51)59(60(54)65(52-38-21-7-22-39-52)53-40-23-8-24-41-53)58-55(62(46-26-9-1-10-27-46)47-28-11-2-12-29-47)42-25-43-56(58)63(48-30-13-3-14-31-48)49-32-15-4-16-33-49/h1-45H,61H2. The number of nitrogens with two attached hydrogens (primary N) is 1. The minimum absolute atomic E-state index is 0.812. The van der Waals surface area contributed by atoms with Gasteiger partial charge in [-0.3, -0.25) is 0 Å². The van der Waals surface area contributed by atoms with Gasteiger partial charge in [0.05, 0.1) is 0 Å². The van der Waals surface area contributed by atoms with Crippen LogP contribution in [0.2, 0.25) is 0 Å². The van der Waals surface area contributed by atoms with Gasteiger partial charge in [0.1, 0.15) is 0 Å². The summed E-state index contributed by atoms with van der Waals surface area (Å²) in [7, 11) is -4.41. The highest BCUT2D eigenvalue weighted by Crippen LogP contribution is 2.48. The molecule has 0 aliphatic heterocycles. The van der Waals surface area contributed by atoms with Crippen molar-refractivity contribution in [3.8, 4) is 11.1 Å². The molecule has 0 bridgehead atoms. The van der Waals surface area contributed by atoms with Crippen molar-refractivity contribution in [3.05, 3.63) is 273 Å². The van der Waals surface area contributed by atoms with Gasteiger partial charge in [-0.2, -0.15) is 0 Å². The van der Waals surface area contributed by atoms with Gasteiger partial charge in [0.25, 0.3) is 0 Å². The fourth-order valence-electron chi connectivity index (χ4n) is 8.73. The second-order valence-corrected chi connectivity index (χ2v) is 24.3. The van der Waals surface area contributed by atoms with Crippen molar-refractivity contribution < 1.29 is 0 Å². The SMILES string of the molecule is Nc1ccc(P(c2ccccc2)c2ccccc2)c(-c2c(P(c3ccccc3)c3ccccc3)cccc2P(c2ccccc2)c2ccccc2)c1P(c1ccccc1)c1ccccc1. The van der Waals surface area contributed by atoms with Crippen molar-refractivity contribution in [2.75, 3.05) is 5.73 Å².